The van der Waals surface area contributed by atoms with E-state index in [0.29, 0.717) is 0 Å². The quantitative estimate of drug-likeness (QED) is 0.823. The van der Waals surface area contributed by atoms with Crippen LogP contribution >= 0.6 is 15.9 Å². The average Bonchev–Trinajstić information content (AvgIpc) is 3.02. The average molecular weight is 270 g/mol. The summed E-state index contributed by atoms with van der Waals surface area (Å²) in [5.74, 6) is 1.75. The molecule has 0 unspecified atom stereocenters. The molecule has 1 aliphatic rings. The van der Waals surface area contributed by atoms with Gasteiger partial charge in [-0.3, -0.25) is 0 Å². The van der Waals surface area contributed by atoms with E-state index in [2.05, 4.69) is 37.7 Å². The molecule has 1 aliphatic carbocycles. The van der Waals surface area contributed by atoms with Crippen LogP contribution in [0.4, 0.5) is 5.95 Å². The topological polar surface area (TPSA) is 29.0 Å². The molecule has 4 heteroatoms. The molecule has 0 aliphatic heterocycles. The molecule has 0 N–H and O–H groups in total. The SMILES string of the molecule is CCCN(CC1CC1)c1ncc(Br)cn1. The van der Waals surface area contributed by atoms with Gasteiger partial charge in [0.25, 0.3) is 0 Å². The molecule has 2 rings (SSSR count). The lowest BCUT2D eigenvalue weighted by atomic mass is 10.3. The lowest BCUT2D eigenvalue weighted by Crippen LogP contribution is -2.28. The van der Waals surface area contributed by atoms with Crippen LogP contribution in [0.5, 0.6) is 0 Å². The van der Waals surface area contributed by atoms with E-state index in [9.17, 15) is 0 Å². The van der Waals surface area contributed by atoms with Crippen molar-refractivity contribution in [1.29, 1.82) is 0 Å². The Morgan fingerprint density at radius 3 is 2.60 bits per heavy atom. The summed E-state index contributed by atoms with van der Waals surface area (Å²) in [6, 6.07) is 0. The Hall–Kier alpha value is -0.640. The molecule has 1 heterocycles. The van der Waals surface area contributed by atoms with Crippen LogP contribution in [-0.4, -0.2) is 23.1 Å². The van der Waals surface area contributed by atoms with Crippen molar-refractivity contribution in [2.45, 2.75) is 26.2 Å². The predicted molar refractivity (Wildman–Crippen MR) is 65.0 cm³/mol. The van der Waals surface area contributed by atoms with Gasteiger partial charge in [-0.2, -0.15) is 0 Å². The van der Waals surface area contributed by atoms with Crippen molar-refractivity contribution in [2.24, 2.45) is 5.92 Å². The number of anilines is 1. The third-order valence-corrected chi connectivity index (χ3v) is 2.97. The molecule has 3 nitrogen and oxygen atoms in total. The van der Waals surface area contributed by atoms with E-state index < -0.39 is 0 Å². The van der Waals surface area contributed by atoms with Gasteiger partial charge in [-0.15, -0.1) is 0 Å². The smallest absolute Gasteiger partial charge is 0.225 e. The van der Waals surface area contributed by atoms with Crippen LogP contribution in [0, 0.1) is 5.92 Å². The van der Waals surface area contributed by atoms with Crippen LogP contribution in [0.1, 0.15) is 26.2 Å². The van der Waals surface area contributed by atoms with Gasteiger partial charge in [-0.1, -0.05) is 6.92 Å². The van der Waals surface area contributed by atoms with E-state index in [4.69, 9.17) is 0 Å². The predicted octanol–water partition coefficient (Wildman–Crippen LogP) is 2.87. The molecule has 0 bridgehead atoms. The molecule has 15 heavy (non-hydrogen) atoms. The summed E-state index contributed by atoms with van der Waals surface area (Å²) in [5.41, 5.74) is 0. The summed E-state index contributed by atoms with van der Waals surface area (Å²) in [5, 5.41) is 0. The maximum absolute atomic E-state index is 4.35. The van der Waals surface area contributed by atoms with Gasteiger partial charge in [0.05, 0.1) is 4.47 Å². The minimum Gasteiger partial charge on any atom is -0.341 e. The van der Waals surface area contributed by atoms with E-state index in [1.54, 1.807) is 0 Å². The first-order chi connectivity index (χ1) is 7.29. The summed E-state index contributed by atoms with van der Waals surface area (Å²) in [6.45, 7) is 4.37. The van der Waals surface area contributed by atoms with Crippen molar-refractivity contribution in [2.75, 3.05) is 18.0 Å². The Balaban J connectivity index is 2.04. The molecule has 1 aromatic heterocycles. The van der Waals surface area contributed by atoms with Crippen LogP contribution in [-0.2, 0) is 0 Å². The van der Waals surface area contributed by atoms with Crippen molar-refractivity contribution in [3.05, 3.63) is 16.9 Å². The van der Waals surface area contributed by atoms with Crippen LogP contribution in [0.25, 0.3) is 0 Å². The summed E-state index contributed by atoms with van der Waals surface area (Å²) in [7, 11) is 0. The molecule has 0 aromatic carbocycles. The molecule has 1 fully saturated rings. The standard InChI is InChI=1S/C11H16BrN3/c1-2-5-15(8-9-3-4-9)11-13-6-10(12)7-14-11/h6-7,9H,2-5,8H2,1H3. The fraction of sp³-hybridized carbons (Fsp3) is 0.636. The lowest BCUT2D eigenvalue weighted by molar-refractivity contribution is 0.688. The van der Waals surface area contributed by atoms with Crippen molar-refractivity contribution in [3.63, 3.8) is 0 Å². The Morgan fingerprint density at radius 1 is 1.40 bits per heavy atom. The second-order valence-electron chi connectivity index (χ2n) is 4.09. The summed E-state index contributed by atoms with van der Waals surface area (Å²) in [4.78, 5) is 11.0. The monoisotopic (exact) mass is 269 g/mol. The largest absolute Gasteiger partial charge is 0.341 e. The first-order valence-electron chi connectivity index (χ1n) is 5.52. The van der Waals surface area contributed by atoms with Crippen molar-refractivity contribution < 1.29 is 0 Å². The highest BCUT2D eigenvalue weighted by Crippen LogP contribution is 2.30. The van der Waals surface area contributed by atoms with E-state index in [1.165, 1.54) is 12.8 Å². The highest BCUT2D eigenvalue weighted by molar-refractivity contribution is 9.10. The van der Waals surface area contributed by atoms with E-state index in [0.717, 1.165) is 35.8 Å². The number of halogens is 1. The Bertz CT molecular complexity index is 308. The number of rotatable bonds is 5. The highest BCUT2D eigenvalue weighted by Gasteiger charge is 2.24. The van der Waals surface area contributed by atoms with Crippen LogP contribution in [0.3, 0.4) is 0 Å². The fourth-order valence-electron chi connectivity index (χ4n) is 1.62. The van der Waals surface area contributed by atoms with Crippen molar-refractivity contribution in [3.8, 4) is 0 Å². The Labute approximate surface area is 99.0 Å². The van der Waals surface area contributed by atoms with Gasteiger partial charge in [0, 0.05) is 25.5 Å². The molecule has 0 spiro atoms. The Morgan fingerprint density at radius 2 is 2.07 bits per heavy atom. The second kappa shape index (κ2) is 4.92. The first kappa shape index (κ1) is 10.9. The van der Waals surface area contributed by atoms with Gasteiger partial charge < -0.3 is 4.90 Å². The lowest BCUT2D eigenvalue weighted by Gasteiger charge is -2.21. The molecule has 0 atom stereocenters. The maximum Gasteiger partial charge on any atom is 0.225 e. The van der Waals surface area contributed by atoms with Crippen molar-refractivity contribution in [1.82, 2.24) is 9.97 Å². The molecule has 0 amide bonds. The molecule has 82 valence electrons. The zero-order chi connectivity index (χ0) is 10.7. The molecule has 0 saturated heterocycles. The van der Waals surface area contributed by atoms with Crippen LogP contribution in [0.15, 0.2) is 16.9 Å². The van der Waals surface area contributed by atoms with Gasteiger partial charge >= 0.3 is 0 Å². The van der Waals surface area contributed by atoms with E-state index in [-0.39, 0.29) is 0 Å². The van der Waals surface area contributed by atoms with Gasteiger partial charge in [0.1, 0.15) is 0 Å². The number of hydrogen-bond acceptors (Lipinski definition) is 3. The first-order valence-corrected chi connectivity index (χ1v) is 6.31. The van der Waals surface area contributed by atoms with Crippen LogP contribution in [0.2, 0.25) is 0 Å². The highest BCUT2D eigenvalue weighted by atomic mass is 79.9. The molecular formula is C11H16BrN3. The fourth-order valence-corrected chi connectivity index (χ4v) is 1.83. The summed E-state index contributed by atoms with van der Waals surface area (Å²) >= 11 is 3.35. The third-order valence-electron chi connectivity index (χ3n) is 2.56. The van der Waals surface area contributed by atoms with E-state index in [1.807, 2.05) is 12.4 Å². The molecular weight excluding hydrogens is 254 g/mol. The van der Waals surface area contributed by atoms with Gasteiger partial charge in [-0.25, -0.2) is 9.97 Å². The number of hydrogen-bond donors (Lipinski definition) is 0. The molecule has 1 aromatic rings. The second-order valence-corrected chi connectivity index (χ2v) is 5.01. The summed E-state index contributed by atoms with van der Waals surface area (Å²) < 4.78 is 0.939. The third kappa shape index (κ3) is 3.16. The molecule has 0 radical (unpaired) electrons. The van der Waals surface area contributed by atoms with Gasteiger partial charge in [0.2, 0.25) is 5.95 Å². The van der Waals surface area contributed by atoms with Crippen molar-refractivity contribution >= 4 is 21.9 Å². The van der Waals surface area contributed by atoms with Gasteiger partial charge in [0.15, 0.2) is 0 Å². The Kier molecular flexibility index (Phi) is 3.57. The number of nitrogens with zero attached hydrogens (tertiary/aromatic N) is 3. The minimum atomic E-state index is 0.868. The zero-order valence-electron chi connectivity index (χ0n) is 8.99. The van der Waals surface area contributed by atoms with Gasteiger partial charge in [-0.05, 0) is 41.1 Å². The van der Waals surface area contributed by atoms with Crippen LogP contribution < -0.4 is 4.90 Å². The van der Waals surface area contributed by atoms with E-state index >= 15 is 0 Å². The minimum absolute atomic E-state index is 0.868. The summed E-state index contributed by atoms with van der Waals surface area (Å²) in [6.07, 6.45) is 7.52. The molecule has 1 saturated carbocycles. The maximum atomic E-state index is 4.35. The normalized spacial score (nSPS) is 15.3. The zero-order valence-corrected chi connectivity index (χ0v) is 10.6. The number of aromatic nitrogens is 2.